The molecule has 0 fully saturated rings. The lowest BCUT2D eigenvalue weighted by Crippen LogP contribution is -2.34. The van der Waals surface area contributed by atoms with Crippen LogP contribution in [0.2, 0.25) is 0 Å². The molecule has 2 heterocycles. The van der Waals surface area contributed by atoms with Crippen LogP contribution in [-0.2, 0) is 14.3 Å². The number of non-ortho nitro benzene ring substituents is 1. The van der Waals surface area contributed by atoms with Crippen molar-refractivity contribution in [3.63, 3.8) is 0 Å². The molecular weight excluding hydrogens is 428 g/mol. The Hall–Kier alpha value is -3.64. The van der Waals surface area contributed by atoms with Crippen LogP contribution in [0, 0.1) is 17.0 Å². The van der Waals surface area contributed by atoms with E-state index in [2.05, 4.69) is 10.3 Å². The molecule has 0 saturated heterocycles. The van der Waals surface area contributed by atoms with Crippen molar-refractivity contribution in [2.75, 3.05) is 25.1 Å². The number of ether oxygens (including phenoxy) is 1. The molecule has 1 aliphatic heterocycles. The number of nitrogens with one attached hydrogen (secondary N) is 1. The highest BCUT2D eigenvalue weighted by molar-refractivity contribution is 7.17. The number of aliphatic hydroxyl groups excluding tert-OH is 1. The third-order valence-corrected chi connectivity index (χ3v) is 5.47. The molecule has 0 spiro atoms. The van der Waals surface area contributed by atoms with Crippen LogP contribution in [0.25, 0.3) is 10.6 Å². The first-order chi connectivity index (χ1) is 14.8. The zero-order valence-corrected chi connectivity index (χ0v) is 17.4. The number of aryl methyl sites for hydroxylation is 1. The molecule has 0 radical (unpaired) electrons. The number of hydrogen-bond donors (Lipinski definition) is 2. The molecule has 2 N–H and O–H groups in total. The summed E-state index contributed by atoms with van der Waals surface area (Å²) in [6.07, 6.45) is 1.08. The van der Waals surface area contributed by atoms with E-state index >= 15 is 0 Å². The Labute approximate surface area is 180 Å². The van der Waals surface area contributed by atoms with E-state index in [0.717, 1.165) is 22.3 Å². The van der Waals surface area contributed by atoms with Gasteiger partial charge in [-0.1, -0.05) is 0 Å². The van der Waals surface area contributed by atoms with Crippen LogP contribution in [0.15, 0.2) is 30.0 Å². The van der Waals surface area contributed by atoms with Crippen LogP contribution >= 0.6 is 11.3 Å². The van der Waals surface area contributed by atoms with E-state index in [-0.39, 0.29) is 47.3 Å². The number of rotatable bonds is 8. The Morgan fingerprint density at radius 2 is 2.13 bits per heavy atom. The van der Waals surface area contributed by atoms with Gasteiger partial charge in [-0.25, -0.2) is 9.78 Å². The molecular formula is C19H18N4O7S. The van der Waals surface area contributed by atoms with Crippen LogP contribution in [-0.4, -0.2) is 57.5 Å². The summed E-state index contributed by atoms with van der Waals surface area (Å²) in [6.45, 7) is 2.94. The van der Waals surface area contributed by atoms with Gasteiger partial charge in [0.1, 0.15) is 15.6 Å². The number of carbonyl (C=O) groups excluding carboxylic acids is 3. The average Bonchev–Trinajstić information content (AvgIpc) is 3.23. The Bertz CT molecular complexity index is 1110. The van der Waals surface area contributed by atoms with Gasteiger partial charge in [-0.05, 0) is 19.9 Å². The SMILES string of the molecule is CCOC(=O)c1sc(-c2cc([N+](=O)[O-])ccc2NC2=CC(=O)N(CCO)C2=O)nc1C. The monoisotopic (exact) mass is 446 g/mol. The minimum Gasteiger partial charge on any atom is -0.462 e. The Morgan fingerprint density at radius 1 is 1.39 bits per heavy atom. The molecule has 0 saturated carbocycles. The van der Waals surface area contributed by atoms with Crippen molar-refractivity contribution in [1.82, 2.24) is 9.88 Å². The minimum absolute atomic E-state index is 0.0487. The lowest BCUT2D eigenvalue weighted by molar-refractivity contribution is -0.384. The molecule has 0 bridgehead atoms. The summed E-state index contributed by atoms with van der Waals surface area (Å²) in [7, 11) is 0. The standard InChI is InChI=1S/C19H18N4O7S/c1-3-30-19(27)16-10(2)20-17(31-16)12-8-11(23(28)29)4-5-13(12)21-14-9-15(25)22(6-7-24)18(14)26/h4-5,8-9,21,24H,3,6-7H2,1-2H3. The highest BCUT2D eigenvalue weighted by atomic mass is 32.1. The molecule has 2 aromatic rings. The third kappa shape index (κ3) is 4.44. The van der Waals surface area contributed by atoms with Crippen molar-refractivity contribution in [3.8, 4) is 10.6 Å². The number of nitro groups is 1. The van der Waals surface area contributed by atoms with E-state index in [9.17, 15) is 24.5 Å². The lowest BCUT2D eigenvalue weighted by Gasteiger charge is -2.14. The second kappa shape index (κ2) is 9.02. The number of anilines is 1. The number of β-amino-alcohol motifs (C(OH)–C–C–N with tert-alkyl or cyclic N) is 1. The van der Waals surface area contributed by atoms with E-state index in [1.165, 1.54) is 18.2 Å². The molecule has 162 valence electrons. The van der Waals surface area contributed by atoms with Crippen LogP contribution < -0.4 is 5.32 Å². The van der Waals surface area contributed by atoms with Gasteiger partial charge in [0.25, 0.3) is 17.5 Å². The van der Waals surface area contributed by atoms with Gasteiger partial charge in [0.05, 0.1) is 30.4 Å². The van der Waals surface area contributed by atoms with Gasteiger partial charge < -0.3 is 15.2 Å². The summed E-state index contributed by atoms with van der Waals surface area (Å²) >= 11 is 1.00. The molecule has 12 heteroatoms. The molecule has 31 heavy (non-hydrogen) atoms. The van der Waals surface area contributed by atoms with Gasteiger partial charge in [-0.3, -0.25) is 24.6 Å². The minimum atomic E-state index is -0.633. The lowest BCUT2D eigenvalue weighted by atomic mass is 10.1. The predicted molar refractivity (Wildman–Crippen MR) is 110 cm³/mol. The highest BCUT2D eigenvalue weighted by Crippen LogP contribution is 2.37. The molecule has 1 aromatic carbocycles. The summed E-state index contributed by atoms with van der Waals surface area (Å²) in [5.41, 5.74) is 0.701. The van der Waals surface area contributed by atoms with E-state index in [1.54, 1.807) is 13.8 Å². The maximum absolute atomic E-state index is 12.4. The smallest absolute Gasteiger partial charge is 0.350 e. The number of nitro benzene ring substituents is 1. The fraction of sp³-hybridized carbons (Fsp3) is 0.263. The van der Waals surface area contributed by atoms with E-state index in [4.69, 9.17) is 9.84 Å². The predicted octanol–water partition coefficient (Wildman–Crippen LogP) is 1.86. The molecule has 0 atom stereocenters. The zero-order valence-electron chi connectivity index (χ0n) is 16.6. The molecule has 2 amide bonds. The van der Waals surface area contributed by atoms with Crippen molar-refractivity contribution in [2.24, 2.45) is 0 Å². The number of benzene rings is 1. The second-order valence-corrected chi connectivity index (χ2v) is 7.34. The van der Waals surface area contributed by atoms with E-state index in [0.29, 0.717) is 10.7 Å². The Kier molecular flexibility index (Phi) is 6.42. The maximum Gasteiger partial charge on any atom is 0.350 e. The first-order valence-electron chi connectivity index (χ1n) is 9.15. The normalized spacial score (nSPS) is 13.4. The first kappa shape index (κ1) is 22.1. The summed E-state index contributed by atoms with van der Waals surface area (Å²) in [4.78, 5) is 52.7. The van der Waals surface area contributed by atoms with Gasteiger partial charge in [-0.15, -0.1) is 11.3 Å². The van der Waals surface area contributed by atoms with Gasteiger partial charge >= 0.3 is 5.97 Å². The maximum atomic E-state index is 12.4. The van der Waals surface area contributed by atoms with E-state index in [1.807, 2.05) is 0 Å². The van der Waals surface area contributed by atoms with Gasteiger partial charge in [0.2, 0.25) is 0 Å². The number of aliphatic hydroxyl groups is 1. The van der Waals surface area contributed by atoms with Crippen molar-refractivity contribution in [1.29, 1.82) is 0 Å². The van der Waals surface area contributed by atoms with Crippen LogP contribution in [0.3, 0.4) is 0 Å². The largest absolute Gasteiger partial charge is 0.462 e. The number of hydrogen-bond acceptors (Lipinski definition) is 10. The second-order valence-electron chi connectivity index (χ2n) is 6.34. The topological polar surface area (TPSA) is 152 Å². The first-order valence-corrected chi connectivity index (χ1v) is 9.97. The third-order valence-electron chi connectivity index (χ3n) is 4.30. The Balaban J connectivity index is 2.02. The zero-order chi connectivity index (χ0) is 22.7. The fourth-order valence-electron chi connectivity index (χ4n) is 2.88. The number of carbonyl (C=O) groups is 3. The number of amides is 2. The van der Waals surface area contributed by atoms with Crippen molar-refractivity contribution in [3.05, 3.63) is 50.7 Å². The fourth-order valence-corrected chi connectivity index (χ4v) is 3.87. The van der Waals surface area contributed by atoms with Crippen molar-refractivity contribution < 1.29 is 29.2 Å². The van der Waals surface area contributed by atoms with Crippen LogP contribution in [0.5, 0.6) is 0 Å². The molecule has 0 aliphatic carbocycles. The van der Waals surface area contributed by atoms with Gasteiger partial charge in [-0.2, -0.15) is 0 Å². The van der Waals surface area contributed by atoms with Crippen molar-refractivity contribution >= 4 is 40.5 Å². The number of imide groups is 1. The molecule has 0 unspecified atom stereocenters. The summed E-state index contributed by atoms with van der Waals surface area (Å²) in [6, 6.07) is 3.90. The number of thiazole rings is 1. The molecule has 11 nitrogen and oxygen atoms in total. The van der Waals surface area contributed by atoms with E-state index < -0.39 is 22.7 Å². The van der Waals surface area contributed by atoms with Gasteiger partial charge in [0, 0.05) is 29.5 Å². The van der Waals surface area contributed by atoms with Gasteiger partial charge in [0.15, 0.2) is 0 Å². The quantitative estimate of drug-likeness (QED) is 0.268. The summed E-state index contributed by atoms with van der Waals surface area (Å²) in [5.74, 6) is -1.77. The number of aromatic nitrogens is 1. The molecule has 1 aliphatic rings. The molecule has 3 rings (SSSR count). The van der Waals surface area contributed by atoms with Crippen LogP contribution in [0.4, 0.5) is 11.4 Å². The average molecular weight is 446 g/mol. The van der Waals surface area contributed by atoms with Crippen LogP contribution in [0.1, 0.15) is 22.3 Å². The van der Waals surface area contributed by atoms with Crippen molar-refractivity contribution in [2.45, 2.75) is 13.8 Å². The number of esters is 1. The highest BCUT2D eigenvalue weighted by Gasteiger charge is 2.31. The Morgan fingerprint density at radius 3 is 2.77 bits per heavy atom. The summed E-state index contributed by atoms with van der Waals surface area (Å²) < 4.78 is 5.01. The number of nitrogens with zero attached hydrogens (tertiary/aromatic N) is 3. The summed E-state index contributed by atoms with van der Waals surface area (Å²) in [5, 5.41) is 23.4. The molecule has 1 aromatic heterocycles.